The Hall–Kier alpha value is -2.44. The fraction of sp³-hybridized carbons (Fsp3) is 0.0909. The van der Waals surface area contributed by atoms with Gasteiger partial charge in [-0.25, -0.2) is 8.78 Å². The molecule has 1 heterocycles. The Balaban J connectivity index is 2.28. The molecule has 0 fully saturated rings. The van der Waals surface area contributed by atoms with Crippen LogP contribution in [0.4, 0.5) is 20.2 Å². The fourth-order valence-corrected chi connectivity index (χ4v) is 1.40. The van der Waals surface area contributed by atoms with Crippen molar-refractivity contribution >= 4 is 17.3 Å². The Morgan fingerprint density at radius 3 is 2.72 bits per heavy atom. The van der Waals surface area contributed by atoms with Crippen LogP contribution in [0.15, 0.2) is 18.3 Å². The van der Waals surface area contributed by atoms with Crippen molar-refractivity contribution in [3.8, 4) is 0 Å². The molecule has 0 saturated carbocycles. The van der Waals surface area contributed by atoms with E-state index in [2.05, 4.69) is 15.5 Å². The number of nitrogens with one attached hydrogen (secondary N) is 2. The maximum Gasteiger partial charge on any atom is 0.275 e. The van der Waals surface area contributed by atoms with Crippen LogP contribution in [0.3, 0.4) is 0 Å². The molecule has 0 aliphatic rings. The monoisotopic (exact) mass is 252 g/mol. The average molecular weight is 252 g/mol. The molecule has 1 amide bonds. The lowest BCUT2D eigenvalue weighted by Gasteiger charge is -2.07. The third kappa shape index (κ3) is 2.15. The van der Waals surface area contributed by atoms with E-state index in [9.17, 15) is 13.6 Å². The van der Waals surface area contributed by atoms with Gasteiger partial charge in [0.1, 0.15) is 17.3 Å². The van der Waals surface area contributed by atoms with Crippen molar-refractivity contribution < 1.29 is 13.6 Å². The van der Waals surface area contributed by atoms with Crippen LogP contribution in [0, 0.1) is 18.6 Å². The summed E-state index contributed by atoms with van der Waals surface area (Å²) in [7, 11) is 0. The molecular formula is C11H10F2N4O. The minimum atomic E-state index is -0.722. The van der Waals surface area contributed by atoms with Gasteiger partial charge < -0.3 is 11.1 Å². The van der Waals surface area contributed by atoms with Gasteiger partial charge in [0.2, 0.25) is 0 Å². The molecule has 7 heteroatoms. The first kappa shape index (κ1) is 12.0. The number of nitrogen functional groups attached to an aromatic ring is 1. The number of halogens is 2. The Morgan fingerprint density at radius 1 is 1.39 bits per heavy atom. The number of aromatic amines is 1. The Bertz CT molecular complexity index is 609. The zero-order chi connectivity index (χ0) is 13.3. The van der Waals surface area contributed by atoms with Gasteiger partial charge in [0.25, 0.3) is 5.91 Å². The number of rotatable bonds is 2. The number of H-pyrrole nitrogens is 1. The van der Waals surface area contributed by atoms with E-state index in [4.69, 9.17) is 5.73 Å². The van der Waals surface area contributed by atoms with E-state index in [1.54, 1.807) is 0 Å². The van der Waals surface area contributed by atoms with Crippen LogP contribution in [0.1, 0.15) is 16.1 Å². The maximum atomic E-state index is 13.5. The third-order valence-electron chi connectivity index (χ3n) is 2.39. The molecule has 4 N–H and O–H groups in total. The molecule has 2 rings (SSSR count). The first-order valence-electron chi connectivity index (χ1n) is 5.05. The van der Waals surface area contributed by atoms with Gasteiger partial charge in [-0.1, -0.05) is 0 Å². The molecule has 2 aromatic rings. The fourth-order valence-electron chi connectivity index (χ4n) is 1.40. The lowest BCUT2D eigenvalue weighted by Crippen LogP contribution is -2.15. The number of nitrogens with zero attached hydrogens (tertiary/aromatic N) is 1. The normalized spacial score (nSPS) is 10.4. The lowest BCUT2D eigenvalue weighted by molar-refractivity contribution is 0.102. The summed E-state index contributed by atoms with van der Waals surface area (Å²) in [6, 6.07) is 1.91. The topological polar surface area (TPSA) is 83.8 Å². The van der Waals surface area contributed by atoms with Crippen molar-refractivity contribution in [3.05, 3.63) is 41.2 Å². The van der Waals surface area contributed by atoms with E-state index < -0.39 is 17.5 Å². The standard InChI is InChI=1S/C11H10F2N4O/c1-5-2-7(13)9(3-6(5)12)16-11(18)10-8(14)4-15-17-10/h2-4H,14H2,1H3,(H,15,17)(H,16,18). The number of benzene rings is 1. The molecule has 18 heavy (non-hydrogen) atoms. The van der Waals surface area contributed by atoms with Gasteiger partial charge in [0.05, 0.1) is 17.6 Å². The van der Waals surface area contributed by atoms with E-state index >= 15 is 0 Å². The van der Waals surface area contributed by atoms with Gasteiger partial charge in [-0.3, -0.25) is 9.89 Å². The SMILES string of the molecule is Cc1cc(F)c(NC(=O)c2[nH]ncc2N)cc1F. The lowest BCUT2D eigenvalue weighted by atomic mass is 10.2. The highest BCUT2D eigenvalue weighted by atomic mass is 19.1. The summed E-state index contributed by atoms with van der Waals surface area (Å²) in [5.74, 6) is -2.02. The molecule has 0 saturated heterocycles. The zero-order valence-electron chi connectivity index (χ0n) is 9.42. The minimum Gasteiger partial charge on any atom is -0.396 e. The van der Waals surface area contributed by atoms with Crippen LogP contribution < -0.4 is 11.1 Å². The van der Waals surface area contributed by atoms with Crippen molar-refractivity contribution in [2.45, 2.75) is 6.92 Å². The predicted molar refractivity (Wildman–Crippen MR) is 62.0 cm³/mol. The van der Waals surface area contributed by atoms with E-state index in [1.807, 2.05) is 0 Å². The molecule has 0 aliphatic heterocycles. The Morgan fingerprint density at radius 2 is 2.11 bits per heavy atom. The minimum absolute atomic E-state index is 0.00427. The third-order valence-corrected chi connectivity index (χ3v) is 2.39. The smallest absolute Gasteiger partial charge is 0.275 e. The van der Waals surface area contributed by atoms with Crippen LogP contribution >= 0.6 is 0 Å². The van der Waals surface area contributed by atoms with Crippen LogP contribution in [0.5, 0.6) is 0 Å². The van der Waals surface area contributed by atoms with Crippen molar-refractivity contribution in [2.24, 2.45) is 0 Å². The number of hydrogen-bond donors (Lipinski definition) is 3. The van der Waals surface area contributed by atoms with Crippen molar-refractivity contribution in [1.82, 2.24) is 10.2 Å². The quantitative estimate of drug-likeness (QED) is 0.762. The molecule has 0 bridgehead atoms. The van der Waals surface area contributed by atoms with Gasteiger partial charge >= 0.3 is 0 Å². The molecule has 0 spiro atoms. The Labute approximate surface area is 101 Å². The summed E-state index contributed by atoms with van der Waals surface area (Å²) in [5.41, 5.74) is 5.49. The van der Waals surface area contributed by atoms with Gasteiger partial charge in [-0.15, -0.1) is 0 Å². The predicted octanol–water partition coefficient (Wildman–Crippen LogP) is 1.83. The van der Waals surface area contributed by atoms with Crippen LogP contribution in [-0.4, -0.2) is 16.1 Å². The summed E-state index contributed by atoms with van der Waals surface area (Å²) >= 11 is 0. The second kappa shape index (κ2) is 4.44. The molecule has 0 radical (unpaired) electrons. The van der Waals surface area contributed by atoms with Gasteiger partial charge in [0, 0.05) is 6.07 Å². The number of nitrogens with two attached hydrogens (primary N) is 1. The highest BCUT2D eigenvalue weighted by Gasteiger charge is 2.15. The van der Waals surface area contributed by atoms with Gasteiger partial charge in [-0.05, 0) is 18.6 Å². The molecule has 5 nitrogen and oxygen atoms in total. The zero-order valence-corrected chi connectivity index (χ0v) is 9.42. The summed E-state index contributed by atoms with van der Waals surface area (Å²) in [6.45, 7) is 1.43. The number of anilines is 2. The van der Waals surface area contributed by atoms with E-state index in [-0.39, 0.29) is 22.6 Å². The molecule has 1 aromatic heterocycles. The number of hydrogen-bond acceptors (Lipinski definition) is 3. The number of carbonyl (C=O) groups excluding carboxylic acids is 1. The Kier molecular flexibility index (Phi) is 2.97. The largest absolute Gasteiger partial charge is 0.396 e. The first-order valence-corrected chi connectivity index (χ1v) is 5.05. The summed E-state index contributed by atoms with van der Waals surface area (Å²) < 4.78 is 26.8. The van der Waals surface area contributed by atoms with Crippen molar-refractivity contribution in [3.63, 3.8) is 0 Å². The van der Waals surface area contributed by atoms with Gasteiger partial charge in [-0.2, -0.15) is 5.10 Å². The molecular weight excluding hydrogens is 242 g/mol. The van der Waals surface area contributed by atoms with Crippen molar-refractivity contribution in [1.29, 1.82) is 0 Å². The van der Waals surface area contributed by atoms with E-state index in [0.29, 0.717) is 0 Å². The highest BCUT2D eigenvalue weighted by Crippen LogP contribution is 2.20. The molecule has 94 valence electrons. The first-order chi connectivity index (χ1) is 8.49. The molecule has 1 aromatic carbocycles. The average Bonchev–Trinajstić information content (AvgIpc) is 2.72. The number of aryl methyl sites for hydroxylation is 1. The van der Waals surface area contributed by atoms with Crippen molar-refractivity contribution in [2.75, 3.05) is 11.1 Å². The van der Waals surface area contributed by atoms with E-state index in [0.717, 1.165) is 12.1 Å². The number of carbonyl (C=O) groups is 1. The molecule has 0 unspecified atom stereocenters. The van der Waals surface area contributed by atoms with Crippen LogP contribution in [0.2, 0.25) is 0 Å². The second-order valence-corrected chi connectivity index (χ2v) is 3.74. The summed E-state index contributed by atoms with van der Waals surface area (Å²) in [5, 5.41) is 8.14. The molecule has 0 aliphatic carbocycles. The highest BCUT2D eigenvalue weighted by molar-refractivity contribution is 6.06. The maximum absolute atomic E-state index is 13.5. The second-order valence-electron chi connectivity index (χ2n) is 3.74. The van der Waals surface area contributed by atoms with Crippen LogP contribution in [-0.2, 0) is 0 Å². The number of amides is 1. The van der Waals surface area contributed by atoms with Gasteiger partial charge in [0.15, 0.2) is 0 Å². The summed E-state index contributed by atoms with van der Waals surface area (Å²) in [4.78, 5) is 11.7. The summed E-state index contributed by atoms with van der Waals surface area (Å²) in [6.07, 6.45) is 1.25. The molecule has 0 atom stereocenters. The van der Waals surface area contributed by atoms with Crippen LogP contribution in [0.25, 0.3) is 0 Å². The number of aromatic nitrogens is 2. The van der Waals surface area contributed by atoms with E-state index in [1.165, 1.54) is 13.1 Å².